The molecule has 0 saturated heterocycles. The van der Waals surface area contributed by atoms with E-state index < -0.39 is 5.41 Å². The third-order valence-corrected chi connectivity index (χ3v) is 2.97. The first-order valence-corrected chi connectivity index (χ1v) is 7.71. The highest BCUT2D eigenvalue weighted by molar-refractivity contribution is 5.81. The smallest absolute Gasteiger partial charge is 0.306 e. The van der Waals surface area contributed by atoms with E-state index in [1.165, 1.54) is 0 Å². The lowest BCUT2D eigenvalue weighted by molar-refractivity contribution is -0.145. The molecule has 0 fully saturated rings. The summed E-state index contributed by atoms with van der Waals surface area (Å²) < 4.78 is 5.11. The molecule has 0 aliphatic heterocycles. The van der Waals surface area contributed by atoms with Crippen LogP contribution >= 0.6 is 0 Å². The van der Waals surface area contributed by atoms with Crippen molar-refractivity contribution in [1.29, 1.82) is 0 Å². The monoisotopic (exact) mass is 338 g/mol. The number of hydrogen-bond acceptors (Lipinski definition) is 8. The second-order valence-corrected chi connectivity index (χ2v) is 6.57. The minimum absolute atomic E-state index is 0.0484. The summed E-state index contributed by atoms with van der Waals surface area (Å²) >= 11 is 0. The van der Waals surface area contributed by atoms with E-state index in [1.54, 1.807) is 19.0 Å². The van der Waals surface area contributed by atoms with Crippen LogP contribution in [0.2, 0.25) is 0 Å². The van der Waals surface area contributed by atoms with Crippen molar-refractivity contribution in [3.8, 4) is 0 Å². The summed E-state index contributed by atoms with van der Waals surface area (Å²) in [6, 6.07) is 0. The van der Waals surface area contributed by atoms with Crippen LogP contribution in [0.5, 0.6) is 0 Å². The van der Waals surface area contributed by atoms with E-state index >= 15 is 0 Å². The van der Waals surface area contributed by atoms with Crippen molar-refractivity contribution in [2.45, 2.75) is 40.2 Å². The molecular formula is C15H26N6O3. The second kappa shape index (κ2) is 8.42. The molecule has 9 heteroatoms. The molecule has 0 aromatic carbocycles. The molecule has 24 heavy (non-hydrogen) atoms. The molecule has 0 atom stereocenters. The van der Waals surface area contributed by atoms with Crippen molar-refractivity contribution in [2.24, 2.45) is 5.41 Å². The summed E-state index contributed by atoms with van der Waals surface area (Å²) in [5.74, 6) is 0.335. The molecule has 0 bridgehead atoms. The van der Waals surface area contributed by atoms with Gasteiger partial charge < -0.3 is 20.7 Å². The van der Waals surface area contributed by atoms with Crippen molar-refractivity contribution in [1.82, 2.24) is 20.3 Å². The Balaban J connectivity index is 2.36. The Kier molecular flexibility index (Phi) is 6.87. The number of nitrogens with one attached hydrogen (secondary N) is 1. The molecule has 0 spiro atoms. The van der Waals surface area contributed by atoms with Crippen LogP contribution in [0.25, 0.3) is 0 Å². The number of carbonyl (C=O) groups excluding carboxylic acids is 2. The van der Waals surface area contributed by atoms with E-state index in [-0.39, 0.29) is 30.9 Å². The Morgan fingerprint density at radius 1 is 1.21 bits per heavy atom. The molecule has 0 unspecified atom stereocenters. The maximum atomic E-state index is 11.7. The fourth-order valence-electron chi connectivity index (χ4n) is 1.61. The maximum Gasteiger partial charge on any atom is 0.306 e. The van der Waals surface area contributed by atoms with Gasteiger partial charge in [-0.15, -0.1) is 0 Å². The summed E-state index contributed by atoms with van der Waals surface area (Å²) in [4.78, 5) is 37.1. The lowest BCUT2D eigenvalue weighted by Gasteiger charge is -2.17. The number of ether oxygens (including phenoxy) is 1. The van der Waals surface area contributed by atoms with Gasteiger partial charge in [-0.05, 0) is 6.42 Å². The maximum absolute atomic E-state index is 11.7. The number of aromatic nitrogens is 3. The summed E-state index contributed by atoms with van der Waals surface area (Å²) in [5, 5.41) is 2.78. The van der Waals surface area contributed by atoms with E-state index in [0.717, 1.165) is 0 Å². The number of nitrogens with zero attached hydrogens (tertiary/aromatic N) is 4. The fraction of sp³-hybridized carbons (Fsp3) is 0.667. The van der Waals surface area contributed by atoms with Gasteiger partial charge in [-0.2, -0.15) is 15.0 Å². The molecule has 1 heterocycles. The van der Waals surface area contributed by atoms with E-state index in [9.17, 15) is 9.59 Å². The first-order chi connectivity index (χ1) is 11.1. The number of hydrogen-bond donors (Lipinski definition) is 2. The first kappa shape index (κ1) is 19.6. The molecular weight excluding hydrogens is 312 g/mol. The molecule has 9 nitrogen and oxygen atoms in total. The van der Waals surface area contributed by atoms with Crippen LogP contribution in [-0.4, -0.2) is 47.5 Å². The van der Waals surface area contributed by atoms with Gasteiger partial charge in [0.2, 0.25) is 17.8 Å². The van der Waals surface area contributed by atoms with Gasteiger partial charge in [0.1, 0.15) is 0 Å². The van der Waals surface area contributed by atoms with Gasteiger partial charge in [-0.1, -0.05) is 20.8 Å². The standard InChI is InChI=1S/C15H26N6O3/c1-15(2,3)12(23)17-8-6-7-11(22)24-9-10-18-13(16)20-14(19-10)21(4)5/h6-9H2,1-5H3,(H,17,23)(H2,16,18,19,20). The van der Waals surface area contributed by atoms with Crippen molar-refractivity contribution < 1.29 is 14.3 Å². The zero-order valence-electron chi connectivity index (χ0n) is 14.9. The van der Waals surface area contributed by atoms with Crippen LogP contribution in [0.3, 0.4) is 0 Å². The van der Waals surface area contributed by atoms with Crippen molar-refractivity contribution >= 4 is 23.8 Å². The third-order valence-electron chi connectivity index (χ3n) is 2.97. The lowest BCUT2D eigenvalue weighted by Crippen LogP contribution is -2.35. The SMILES string of the molecule is CN(C)c1nc(N)nc(COC(=O)CCCNC(=O)C(C)(C)C)n1. The Bertz CT molecular complexity index is 583. The van der Waals surface area contributed by atoms with Gasteiger partial charge in [0.25, 0.3) is 0 Å². The highest BCUT2D eigenvalue weighted by atomic mass is 16.5. The minimum atomic E-state index is -0.441. The molecule has 134 valence electrons. The molecule has 1 aromatic heterocycles. The molecule has 0 saturated carbocycles. The Morgan fingerprint density at radius 3 is 2.46 bits per heavy atom. The molecule has 0 radical (unpaired) electrons. The second-order valence-electron chi connectivity index (χ2n) is 6.57. The number of carbonyl (C=O) groups is 2. The average molecular weight is 338 g/mol. The number of esters is 1. The number of amides is 1. The predicted octanol–water partition coefficient (Wildman–Crippen LogP) is 0.506. The summed E-state index contributed by atoms with van der Waals surface area (Å²) in [6.07, 6.45) is 0.703. The van der Waals surface area contributed by atoms with E-state index in [0.29, 0.717) is 24.7 Å². The number of anilines is 2. The van der Waals surface area contributed by atoms with Crippen molar-refractivity contribution in [3.63, 3.8) is 0 Å². The Morgan fingerprint density at radius 2 is 1.88 bits per heavy atom. The van der Waals surface area contributed by atoms with Crippen molar-refractivity contribution in [3.05, 3.63) is 5.82 Å². The van der Waals surface area contributed by atoms with Gasteiger partial charge in [0.05, 0.1) is 0 Å². The third kappa shape index (κ3) is 6.76. The van der Waals surface area contributed by atoms with E-state index in [4.69, 9.17) is 10.5 Å². The van der Waals surface area contributed by atoms with Gasteiger partial charge in [0, 0.05) is 32.5 Å². The molecule has 3 N–H and O–H groups in total. The quantitative estimate of drug-likeness (QED) is 0.544. The molecule has 1 aromatic rings. The lowest BCUT2D eigenvalue weighted by atomic mass is 9.96. The van der Waals surface area contributed by atoms with E-state index in [2.05, 4.69) is 20.3 Å². The van der Waals surface area contributed by atoms with Crippen LogP contribution in [0, 0.1) is 5.41 Å². The van der Waals surface area contributed by atoms with E-state index in [1.807, 2.05) is 20.8 Å². The van der Waals surface area contributed by atoms with Gasteiger partial charge in [-0.25, -0.2) is 0 Å². The number of nitrogens with two attached hydrogens (primary N) is 1. The van der Waals surface area contributed by atoms with Crippen LogP contribution in [0.4, 0.5) is 11.9 Å². The summed E-state index contributed by atoms with van der Waals surface area (Å²) in [7, 11) is 3.55. The molecule has 0 aliphatic carbocycles. The fourth-order valence-corrected chi connectivity index (χ4v) is 1.61. The number of rotatable bonds is 7. The number of nitrogen functional groups attached to an aromatic ring is 1. The van der Waals surface area contributed by atoms with Crippen molar-refractivity contribution in [2.75, 3.05) is 31.3 Å². The van der Waals surface area contributed by atoms with Crippen LogP contribution in [0.1, 0.15) is 39.4 Å². The predicted molar refractivity (Wildman–Crippen MR) is 90.1 cm³/mol. The van der Waals surface area contributed by atoms with Gasteiger partial charge >= 0.3 is 5.97 Å². The molecule has 0 aliphatic rings. The average Bonchev–Trinajstić information content (AvgIpc) is 2.47. The zero-order chi connectivity index (χ0) is 18.3. The Labute approximate surface area is 142 Å². The van der Waals surface area contributed by atoms with Gasteiger partial charge in [0.15, 0.2) is 12.4 Å². The van der Waals surface area contributed by atoms with Gasteiger partial charge in [-0.3, -0.25) is 9.59 Å². The molecule has 1 amide bonds. The largest absolute Gasteiger partial charge is 0.457 e. The summed E-state index contributed by atoms with van der Waals surface area (Å²) in [5.41, 5.74) is 5.15. The molecule has 1 rings (SSSR count). The first-order valence-electron chi connectivity index (χ1n) is 7.71. The van der Waals surface area contributed by atoms with Crippen LogP contribution in [0.15, 0.2) is 0 Å². The van der Waals surface area contributed by atoms with Crippen LogP contribution in [-0.2, 0) is 20.9 Å². The zero-order valence-corrected chi connectivity index (χ0v) is 14.9. The summed E-state index contributed by atoms with van der Waals surface area (Å²) in [6.45, 7) is 5.85. The highest BCUT2D eigenvalue weighted by Gasteiger charge is 2.20. The minimum Gasteiger partial charge on any atom is -0.457 e. The van der Waals surface area contributed by atoms with Crippen LogP contribution < -0.4 is 16.0 Å². The normalized spacial score (nSPS) is 11.0. The topological polar surface area (TPSA) is 123 Å². The highest BCUT2D eigenvalue weighted by Crippen LogP contribution is 2.12. The Hall–Kier alpha value is -2.45.